The van der Waals surface area contributed by atoms with E-state index in [-0.39, 0.29) is 17.1 Å². The summed E-state index contributed by atoms with van der Waals surface area (Å²) in [5, 5.41) is 1.68. The van der Waals surface area contributed by atoms with Gasteiger partial charge in [0, 0.05) is 18.3 Å². The number of sulfonamides is 1. The van der Waals surface area contributed by atoms with Crippen LogP contribution in [0.1, 0.15) is 44.8 Å². The molecule has 0 aliphatic rings. The van der Waals surface area contributed by atoms with E-state index in [1.165, 1.54) is 13.4 Å². The number of hydrogen-bond donors (Lipinski definition) is 0. The molecule has 4 aromatic rings. The van der Waals surface area contributed by atoms with E-state index in [1.54, 1.807) is 62.7 Å². The SMILES string of the molecule is COC(=O)c1c(C)c(C(=O)C(C)N(Cc2ccco2)S(=O)(=O)c2ccc3ccccc3c2)c(C)n1C. The van der Waals surface area contributed by atoms with E-state index < -0.39 is 27.8 Å². The first-order chi connectivity index (χ1) is 17.1. The van der Waals surface area contributed by atoms with Gasteiger partial charge in [-0.15, -0.1) is 0 Å². The number of Topliss-reactive ketones (excluding diaryl/α,β-unsaturated/α-hetero) is 1. The molecule has 0 bridgehead atoms. The van der Waals surface area contributed by atoms with Gasteiger partial charge in [-0.25, -0.2) is 13.2 Å². The van der Waals surface area contributed by atoms with E-state index in [4.69, 9.17) is 9.15 Å². The Morgan fingerprint density at radius 1 is 1.06 bits per heavy atom. The Balaban J connectivity index is 1.81. The Kier molecular flexibility index (Phi) is 6.88. The lowest BCUT2D eigenvalue weighted by atomic mass is 10.0. The van der Waals surface area contributed by atoms with Crippen LogP contribution in [0, 0.1) is 13.8 Å². The Bertz CT molecular complexity index is 1550. The Labute approximate surface area is 210 Å². The van der Waals surface area contributed by atoms with E-state index >= 15 is 0 Å². The van der Waals surface area contributed by atoms with Crippen molar-refractivity contribution in [3.05, 3.63) is 89.1 Å². The van der Waals surface area contributed by atoms with Crippen molar-refractivity contribution in [2.75, 3.05) is 7.11 Å². The molecule has 1 unspecified atom stereocenters. The van der Waals surface area contributed by atoms with Gasteiger partial charge >= 0.3 is 5.97 Å². The van der Waals surface area contributed by atoms with Crippen molar-refractivity contribution in [1.29, 1.82) is 0 Å². The number of benzene rings is 2. The van der Waals surface area contributed by atoms with Crippen LogP contribution in [0.4, 0.5) is 0 Å². The summed E-state index contributed by atoms with van der Waals surface area (Å²) in [4.78, 5) is 26.2. The highest BCUT2D eigenvalue weighted by atomic mass is 32.2. The first-order valence-electron chi connectivity index (χ1n) is 11.4. The van der Waals surface area contributed by atoms with Crippen molar-refractivity contribution < 1.29 is 27.2 Å². The van der Waals surface area contributed by atoms with Crippen LogP contribution in [-0.2, 0) is 28.4 Å². The Morgan fingerprint density at radius 2 is 1.75 bits per heavy atom. The molecule has 0 spiro atoms. The summed E-state index contributed by atoms with van der Waals surface area (Å²) in [6, 6.07) is 14.6. The topological polar surface area (TPSA) is 98.8 Å². The van der Waals surface area contributed by atoms with Gasteiger partial charge in [0.15, 0.2) is 5.78 Å². The second-order valence-corrected chi connectivity index (χ2v) is 10.6. The van der Waals surface area contributed by atoms with Crippen LogP contribution in [0.25, 0.3) is 10.8 Å². The van der Waals surface area contributed by atoms with Gasteiger partial charge in [-0.05, 0) is 61.4 Å². The third kappa shape index (κ3) is 4.36. The molecule has 2 aromatic heterocycles. The van der Waals surface area contributed by atoms with Crippen LogP contribution < -0.4 is 0 Å². The standard InChI is InChI=1S/C27H28N2O6S/c1-17-24(18(2)28(4)25(17)27(31)34-5)26(30)19(3)29(16-22-11-8-14-35-22)36(32,33)23-13-12-20-9-6-7-10-21(20)15-23/h6-15,19H,16H2,1-5H3. The number of esters is 1. The molecule has 0 N–H and O–H groups in total. The fourth-order valence-corrected chi connectivity index (χ4v) is 6.11. The predicted octanol–water partition coefficient (Wildman–Crippen LogP) is 4.64. The number of rotatable bonds is 8. The Morgan fingerprint density at radius 3 is 2.39 bits per heavy atom. The zero-order valence-electron chi connectivity index (χ0n) is 20.8. The molecule has 9 heteroatoms. The Hall–Kier alpha value is -3.69. The lowest BCUT2D eigenvalue weighted by Crippen LogP contribution is -2.43. The molecular formula is C27H28N2O6S. The van der Waals surface area contributed by atoms with Gasteiger partial charge in [-0.2, -0.15) is 4.31 Å². The fourth-order valence-electron chi connectivity index (χ4n) is 4.52. The molecule has 2 heterocycles. The van der Waals surface area contributed by atoms with Crippen molar-refractivity contribution in [1.82, 2.24) is 8.87 Å². The van der Waals surface area contributed by atoms with E-state index in [0.29, 0.717) is 22.6 Å². The molecule has 4 rings (SSSR count). The van der Waals surface area contributed by atoms with Gasteiger partial charge in [-0.3, -0.25) is 4.79 Å². The molecule has 36 heavy (non-hydrogen) atoms. The highest BCUT2D eigenvalue weighted by molar-refractivity contribution is 7.89. The highest BCUT2D eigenvalue weighted by Crippen LogP contribution is 2.29. The van der Waals surface area contributed by atoms with Crippen LogP contribution in [0.2, 0.25) is 0 Å². The van der Waals surface area contributed by atoms with Gasteiger partial charge in [0.2, 0.25) is 10.0 Å². The molecular weight excluding hydrogens is 480 g/mol. The van der Waals surface area contributed by atoms with Crippen molar-refractivity contribution in [3.8, 4) is 0 Å². The van der Waals surface area contributed by atoms with E-state index in [0.717, 1.165) is 15.1 Å². The predicted molar refractivity (Wildman–Crippen MR) is 135 cm³/mol. The maximum atomic E-state index is 13.9. The summed E-state index contributed by atoms with van der Waals surface area (Å²) in [6.45, 7) is 4.79. The van der Waals surface area contributed by atoms with Gasteiger partial charge in [0.1, 0.15) is 11.5 Å². The molecule has 0 fully saturated rings. The number of carbonyl (C=O) groups is 2. The minimum absolute atomic E-state index is 0.0733. The van der Waals surface area contributed by atoms with Crippen LogP contribution >= 0.6 is 0 Å². The smallest absolute Gasteiger partial charge is 0.354 e. The highest BCUT2D eigenvalue weighted by Gasteiger charge is 2.37. The van der Waals surface area contributed by atoms with Crippen LogP contribution in [0.3, 0.4) is 0 Å². The normalized spacial score (nSPS) is 12.7. The summed E-state index contributed by atoms with van der Waals surface area (Å²) < 4.78 is 40.9. The van der Waals surface area contributed by atoms with E-state index in [2.05, 4.69) is 0 Å². The third-order valence-electron chi connectivity index (χ3n) is 6.59. The lowest BCUT2D eigenvalue weighted by molar-refractivity contribution is 0.0588. The van der Waals surface area contributed by atoms with Crippen LogP contribution in [0.15, 0.2) is 70.2 Å². The van der Waals surface area contributed by atoms with Gasteiger partial charge in [0.25, 0.3) is 0 Å². The van der Waals surface area contributed by atoms with E-state index in [1.807, 2.05) is 24.3 Å². The number of furan rings is 1. The summed E-state index contributed by atoms with van der Waals surface area (Å²) in [5.41, 5.74) is 1.54. The first-order valence-corrected chi connectivity index (χ1v) is 12.8. The van der Waals surface area contributed by atoms with Gasteiger partial charge in [0.05, 0.1) is 30.9 Å². The number of hydrogen-bond acceptors (Lipinski definition) is 6. The molecule has 8 nitrogen and oxygen atoms in total. The number of aromatic nitrogens is 1. The summed E-state index contributed by atoms with van der Waals surface area (Å²) in [6.07, 6.45) is 1.46. The minimum atomic E-state index is -4.12. The number of carbonyl (C=O) groups excluding carboxylic acids is 2. The molecule has 0 saturated carbocycles. The molecule has 0 radical (unpaired) electrons. The van der Waals surface area contributed by atoms with Crippen molar-refractivity contribution in [3.63, 3.8) is 0 Å². The second kappa shape index (κ2) is 9.75. The second-order valence-electron chi connectivity index (χ2n) is 8.66. The maximum Gasteiger partial charge on any atom is 0.354 e. The number of fused-ring (bicyclic) bond motifs is 1. The van der Waals surface area contributed by atoms with E-state index in [9.17, 15) is 18.0 Å². The summed E-state index contributed by atoms with van der Waals surface area (Å²) in [5.74, 6) is -0.594. The quantitative estimate of drug-likeness (QED) is 0.254. The number of methoxy groups -OCH3 is 1. The summed E-state index contributed by atoms with van der Waals surface area (Å²) in [7, 11) is -1.17. The molecule has 0 saturated heterocycles. The van der Waals surface area contributed by atoms with Crippen LogP contribution in [-0.4, -0.2) is 42.2 Å². The molecule has 0 aliphatic carbocycles. The zero-order valence-corrected chi connectivity index (χ0v) is 21.6. The molecule has 188 valence electrons. The largest absolute Gasteiger partial charge is 0.468 e. The minimum Gasteiger partial charge on any atom is -0.468 e. The molecule has 2 aromatic carbocycles. The number of nitrogens with zero attached hydrogens (tertiary/aromatic N) is 2. The maximum absolute atomic E-state index is 13.9. The van der Waals surface area contributed by atoms with Crippen molar-refractivity contribution >= 4 is 32.5 Å². The van der Waals surface area contributed by atoms with Crippen molar-refractivity contribution in [2.24, 2.45) is 7.05 Å². The lowest BCUT2D eigenvalue weighted by Gasteiger charge is -2.27. The third-order valence-corrected chi connectivity index (χ3v) is 8.50. The average molecular weight is 509 g/mol. The summed E-state index contributed by atoms with van der Waals surface area (Å²) >= 11 is 0. The van der Waals surface area contributed by atoms with Crippen molar-refractivity contribution in [2.45, 2.75) is 38.3 Å². The van der Waals surface area contributed by atoms with Crippen LogP contribution in [0.5, 0.6) is 0 Å². The van der Waals surface area contributed by atoms with Gasteiger partial charge in [-0.1, -0.05) is 30.3 Å². The first kappa shape index (κ1) is 25.4. The molecule has 0 amide bonds. The van der Waals surface area contributed by atoms with Gasteiger partial charge < -0.3 is 13.7 Å². The fraction of sp³-hybridized carbons (Fsp3) is 0.259. The number of ketones is 1. The zero-order chi connectivity index (χ0) is 26.2. The molecule has 0 aliphatic heterocycles. The average Bonchev–Trinajstić information content (AvgIpc) is 3.46. The molecule has 1 atom stereocenters. The number of ether oxygens (including phenoxy) is 1. The monoisotopic (exact) mass is 508 g/mol.